The van der Waals surface area contributed by atoms with Crippen molar-refractivity contribution in [3.05, 3.63) is 51.8 Å². The Labute approximate surface area is 209 Å². The summed E-state index contributed by atoms with van der Waals surface area (Å²) in [6.07, 6.45) is 7.12. The number of halogens is 2. The Kier molecular flexibility index (Phi) is 9.21. The standard InChI is InChI=1S/C25H30Cl2N4O3/c1-30-20-15-18(26)19(27)16-21(20)31(13-5-3-4-6-24(33)29-12-11-28)25(30)10-8-17-7-9-22(32)23(14-17)34-2/h7-10,14-16H,3-6,11-13,28H2,1-2H3,(H,29,33)/p+1. The van der Waals surface area contributed by atoms with Crippen molar-refractivity contribution in [2.45, 2.75) is 32.2 Å². The summed E-state index contributed by atoms with van der Waals surface area (Å²) in [6, 6.07) is 8.98. The number of aromatic hydroxyl groups is 1. The summed E-state index contributed by atoms with van der Waals surface area (Å²) in [6.45, 7) is 1.72. The van der Waals surface area contributed by atoms with Crippen molar-refractivity contribution < 1.29 is 19.2 Å². The number of carbonyl (C=O) groups excluding carboxylic acids is 1. The number of imidazole rings is 1. The average molecular weight is 506 g/mol. The number of ether oxygens (including phenoxy) is 1. The molecule has 34 heavy (non-hydrogen) atoms. The molecule has 1 amide bonds. The van der Waals surface area contributed by atoms with Crippen LogP contribution >= 0.6 is 23.2 Å². The van der Waals surface area contributed by atoms with Gasteiger partial charge in [-0.05, 0) is 43.0 Å². The number of hydrogen-bond donors (Lipinski definition) is 3. The molecule has 1 aromatic heterocycles. The molecule has 7 nitrogen and oxygen atoms in total. The molecule has 0 fully saturated rings. The Hall–Kier alpha value is -2.74. The maximum Gasteiger partial charge on any atom is 0.282 e. The zero-order chi connectivity index (χ0) is 24.7. The molecule has 0 saturated carbocycles. The first kappa shape index (κ1) is 25.9. The summed E-state index contributed by atoms with van der Waals surface area (Å²) in [5, 5.41) is 13.7. The van der Waals surface area contributed by atoms with Gasteiger partial charge in [-0.15, -0.1) is 0 Å². The lowest BCUT2D eigenvalue weighted by molar-refractivity contribution is -0.647. The van der Waals surface area contributed by atoms with Gasteiger partial charge in [-0.1, -0.05) is 29.3 Å². The zero-order valence-electron chi connectivity index (χ0n) is 19.5. The number of nitrogens with one attached hydrogen (secondary N) is 1. The number of aromatic nitrogens is 2. The van der Waals surface area contributed by atoms with Crippen molar-refractivity contribution in [2.75, 3.05) is 20.2 Å². The van der Waals surface area contributed by atoms with Crippen LogP contribution in [0.3, 0.4) is 0 Å². The highest BCUT2D eigenvalue weighted by atomic mass is 35.5. The van der Waals surface area contributed by atoms with Crippen molar-refractivity contribution in [1.29, 1.82) is 0 Å². The predicted octanol–water partition coefficient (Wildman–Crippen LogP) is 4.29. The minimum absolute atomic E-state index is 0.0395. The van der Waals surface area contributed by atoms with E-state index in [0.29, 0.717) is 35.3 Å². The lowest BCUT2D eigenvalue weighted by Gasteiger charge is -2.05. The Morgan fingerprint density at radius 3 is 2.68 bits per heavy atom. The molecule has 9 heteroatoms. The highest BCUT2D eigenvalue weighted by Crippen LogP contribution is 2.29. The van der Waals surface area contributed by atoms with Crippen LogP contribution in [-0.4, -0.2) is 35.8 Å². The molecule has 0 aliphatic carbocycles. The minimum Gasteiger partial charge on any atom is -0.504 e. The van der Waals surface area contributed by atoms with E-state index in [1.807, 2.05) is 37.4 Å². The van der Waals surface area contributed by atoms with Gasteiger partial charge < -0.3 is 20.9 Å². The third-order valence-corrected chi connectivity index (χ3v) is 6.39. The Morgan fingerprint density at radius 2 is 1.94 bits per heavy atom. The molecule has 0 radical (unpaired) electrons. The summed E-state index contributed by atoms with van der Waals surface area (Å²) in [5.41, 5.74) is 8.27. The molecule has 182 valence electrons. The summed E-state index contributed by atoms with van der Waals surface area (Å²) >= 11 is 12.6. The van der Waals surface area contributed by atoms with Crippen LogP contribution in [0.4, 0.5) is 0 Å². The van der Waals surface area contributed by atoms with E-state index in [1.54, 1.807) is 12.1 Å². The van der Waals surface area contributed by atoms with Gasteiger partial charge in [0.15, 0.2) is 22.5 Å². The van der Waals surface area contributed by atoms with E-state index < -0.39 is 0 Å². The van der Waals surface area contributed by atoms with Crippen LogP contribution in [0.1, 0.15) is 37.1 Å². The van der Waals surface area contributed by atoms with Gasteiger partial charge in [0.05, 0.1) is 30.7 Å². The summed E-state index contributed by atoms with van der Waals surface area (Å²) in [7, 11) is 3.51. The van der Waals surface area contributed by atoms with Crippen LogP contribution < -0.4 is 20.4 Å². The maximum atomic E-state index is 11.8. The van der Waals surface area contributed by atoms with Gasteiger partial charge in [0, 0.05) is 37.7 Å². The van der Waals surface area contributed by atoms with Gasteiger partial charge in [0.1, 0.15) is 0 Å². The smallest absolute Gasteiger partial charge is 0.282 e. The summed E-state index contributed by atoms with van der Waals surface area (Å²) in [5.74, 6) is 1.53. The Balaban J connectivity index is 1.83. The molecule has 2 aromatic carbocycles. The van der Waals surface area contributed by atoms with Crippen molar-refractivity contribution in [3.63, 3.8) is 0 Å². The average Bonchev–Trinajstić information content (AvgIpc) is 3.07. The van der Waals surface area contributed by atoms with E-state index in [9.17, 15) is 9.90 Å². The third kappa shape index (κ3) is 6.23. The number of aryl methyl sites for hydroxylation is 2. The number of hydrogen-bond acceptors (Lipinski definition) is 4. The highest BCUT2D eigenvalue weighted by Gasteiger charge is 2.22. The first-order chi connectivity index (χ1) is 16.3. The fourth-order valence-electron chi connectivity index (χ4n) is 3.88. The molecular weight excluding hydrogens is 475 g/mol. The van der Waals surface area contributed by atoms with Crippen LogP contribution in [-0.2, 0) is 18.4 Å². The second kappa shape index (κ2) is 12.1. The maximum absolute atomic E-state index is 11.8. The van der Waals surface area contributed by atoms with Gasteiger partial charge in [0.25, 0.3) is 5.82 Å². The first-order valence-electron chi connectivity index (χ1n) is 11.2. The molecule has 3 aromatic rings. The van der Waals surface area contributed by atoms with Crippen molar-refractivity contribution >= 4 is 52.3 Å². The number of phenols is 1. The minimum atomic E-state index is 0.0395. The molecular formula is C25H31Cl2N4O3+. The van der Waals surface area contributed by atoms with Gasteiger partial charge in [-0.25, -0.2) is 9.13 Å². The lowest BCUT2D eigenvalue weighted by atomic mass is 10.1. The van der Waals surface area contributed by atoms with E-state index >= 15 is 0 Å². The normalized spacial score (nSPS) is 11.4. The van der Waals surface area contributed by atoms with Gasteiger partial charge >= 0.3 is 0 Å². The van der Waals surface area contributed by atoms with E-state index in [0.717, 1.165) is 48.2 Å². The van der Waals surface area contributed by atoms with Crippen molar-refractivity contribution in [2.24, 2.45) is 12.8 Å². The lowest BCUT2D eigenvalue weighted by Crippen LogP contribution is -2.31. The molecule has 1 heterocycles. The Morgan fingerprint density at radius 1 is 1.18 bits per heavy atom. The van der Waals surface area contributed by atoms with E-state index in [1.165, 1.54) is 7.11 Å². The van der Waals surface area contributed by atoms with E-state index in [-0.39, 0.29) is 11.7 Å². The van der Waals surface area contributed by atoms with Crippen molar-refractivity contribution in [3.8, 4) is 11.5 Å². The van der Waals surface area contributed by atoms with E-state index in [4.69, 9.17) is 33.7 Å². The number of amides is 1. The third-order valence-electron chi connectivity index (χ3n) is 5.67. The number of rotatable bonds is 11. The molecule has 0 aliphatic rings. The van der Waals surface area contributed by atoms with Crippen LogP contribution in [0, 0.1) is 0 Å². The number of carbonyl (C=O) groups is 1. The number of phenolic OH excluding ortho intramolecular Hbond substituents is 1. The molecule has 0 atom stereocenters. The molecule has 0 saturated heterocycles. The van der Waals surface area contributed by atoms with Crippen LogP contribution in [0.25, 0.3) is 23.2 Å². The molecule has 0 spiro atoms. The molecule has 0 unspecified atom stereocenters. The SMILES string of the molecule is COc1cc(/C=C/c2n(CCCCCC(=O)NCCN)c3cc(Cl)c(Cl)cc3[n+]2C)ccc1O. The largest absolute Gasteiger partial charge is 0.504 e. The predicted molar refractivity (Wildman–Crippen MR) is 137 cm³/mol. The zero-order valence-corrected chi connectivity index (χ0v) is 21.0. The van der Waals surface area contributed by atoms with Gasteiger partial charge in [-0.3, -0.25) is 4.79 Å². The van der Waals surface area contributed by atoms with Crippen LogP contribution in [0.2, 0.25) is 10.0 Å². The first-order valence-corrected chi connectivity index (χ1v) is 12.0. The van der Waals surface area contributed by atoms with Crippen molar-refractivity contribution in [1.82, 2.24) is 9.88 Å². The number of nitrogens with zero attached hydrogens (tertiary/aromatic N) is 2. The van der Waals surface area contributed by atoms with Gasteiger partial charge in [-0.2, -0.15) is 0 Å². The highest BCUT2D eigenvalue weighted by molar-refractivity contribution is 6.42. The summed E-state index contributed by atoms with van der Waals surface area (Å²) in [4.78, 5) is 11.8. The topological polar surface area (TPSA) is 93.4 Å². The summed E-state index contributed by atoms with van der Waals surface area (Å²) < 4.78 is 9.50. The molecule has 3 rings (SSSR count). The monoisotopic (exact) mass is 505 g/mol. The second-order valence-electron chi connectivity index (χ2n) is 8.04. The molecule has 0 aliphatic heterocycles. The van der Waals surface area contributed by atoms with Gasteiger partial charge in [0.2, 0.25) is 5.91 Å². The van der Waals surface area contributed by atoms with Crippen LogP contribution in [0.15, 0.2) is 30.3 Å². The van der Waals surface area contributed by atoms with E-state index in [2.05, 4.69) is 14.5 Å². The molecule has 4 N–H and O–H groups in total. The van der Waals surface area contributed by atoms with Crippen LogP contribution in [0.5, 0.6) is 11.5 Å². The fourth-order valence-corrected chi connectivity index (χ4v) is 4.19. The number of unbranched alkanes of at least 4 members (excludes halogenated alkanes) is 2. The number of benzene rings is 2. The fraction of sp³-hybridized carbons (Fsp3) is 0.360. The number of methoxy groups -OCH3 is 1. The quantitative estimate of drug-likeness (QED) is 0.267. The second-order valence-corrected chi connectivity index (χ2v) is 8.85. The Bertz CT molecular complexity index is 1190. The number of fused-ring (bicyclic) bond motifs is 1. The molecule has 0 bridgehead atoms. The number of nitrogens with two attached hydrogens (primary N) is 1.